The third-order valence-electron chi connectivity index (χ3n) is 4.10. The predicted octanol–water partition coefficient (Wildman–Crippen LogP) is 5.41. The maximum absolute atomic E-state index is 6.05. The summed E-state index contributed by atoms with van der Waals surface area (Å²) in [6, 6.07) is 17.9. The molecule has 0 spiro atoms. The summed E-state index contributed by atoms with van der Waals surface area (Å²) in [5.74, 6) is 1.39. The Kier molecular flexibility index (Phi) is 3.28. The fraction of sp³-hybridized carbons (Fsp3) is 0.0526. The van der Waals surface area contributed by atoms with Crippen molar-refractivity contribution in [2.45, 2.75) is 0 Å². The molecular weight excluding hydrogens is 332 g/mol. The topological polar surface area (TPSA) is 59.2 Å². The molecule has 25 heavy (non-hydrogen) atoms. The molecule has 120 valence electrons. The van der Waals surface area contributed by atoms with Gasteiger partial charge in [-0.1, -0.05) is 30.3 Å². The van der Waals surface area contributed by atoms with E-state index in [2.05, 4.69) is 39.0 Å². The van der Waals surface area contributed by atoms with E-state index in [1.165, 1.54) is 4.70 Å². The molecule has 5 nitrogen and oxygen atoms in total. The number of thiophene rings is 1. The summed E-state index contributed by atoms with van der Waals surface area (Å²) in [7, 11) is 0. The molecule has 0 amide bonds. The van der Waals surface area contributed by atoms with Crippen molar-refractivity contribution in [1.29, 1.82) is 0 Å². The van der Waals surface area contributed by atoms with Gasteiger partial charge in [-0.15, -0.1) is 16.4 Å². The Hall–Kier alpha value is -3.12. The minimum Gasteiger partial charge on any atom is -0.438 e. The first-order valence-corrected chi connectivity index (χ1v) is 8.74. The molecule has 0 radical (unpaired) electrons. The van der Waals surface area contributed by atoms with Crippen LogP contribution >= 0.6 is 11.3 Å². The highest BCUT2D eigenvalue weighted by atomic mass is 32.1. The highest BCUT2D eigenvalue weighted by Gasteiger charge is 2.14. The van der Waals surface area contributed by atoms with Crippen LogP contribution < -0.4 is 4.74 Å². The van der Waals surface area contributed by atoms with Gasteiger partial charge in [0.05, 0.1) is 16.6 Å². The van der Waals surface area contributed by atoms with Crippen LogP contribution in [0.2, 0.25) is 0 Å². The van der Waals surface area contributed by atoms with E-state index in [4.69, 9.17) is 9.72 Å². The zero-order chi connectivity index (χ0) is 16.6. The minimum absolute atomic E-state index is 0.514. The van der Waals surface area contributed by atoms with Crippen molar-refractivity contribution >= 4 is 38.0 Å². The fourth-order valence-corrected chi connectivity index (χ4v) is 3.82. The van der Waals surface area contributed by atoms with E-state index in [9.17, 15) is 0 Å². The van der Waals surface area contributed by atoms with Gasteiger partial charge in [-0.2, -0.15) is 5.11 Å². The number of fused-ring (bicyclic) bond motifs is 3. The molecule has 5 rings (SSSR count). The fourth-order valence-electron chi connectivity index (χ4n) is 2.89. The summed E-state index contributed by atoms with van der Waals surface area (Å²) in [6.07, 6.45) is 0. The van der Waals surface area contributed by atoms with Crippen LogP contribution in [0.25, 0.3) is 21.0 Å². The largest absolute Gasteiger partial charge is 0.438 e. The van der Waals surface area contributed by atoms with E-state index < -0.39 is 0 Å². The van der Waals surface area contributed by atoms with E-state index >= 15 is 0 Å². The molecule has 1 aliphatic rings. The standard InChI is InChI=1S/C19H12N4OS/c1-2-4-13(5-3-1)24-19-15-8-9-25-18(15)14-7-6-12(10-16(14)21-19)17-11-20-23-22-17/h1-10H,11H2. The number of nitrogens with zero attached hydrogens (tertiary/aromatic N) is 4. The van der Waals surface area contributed by atoms with Gasteiger partial charge in [0.1, 0.15) is 12.3 Å². The quantitative estimate of drug-likeness (QED) is 0.499. The molecule has 0 saturated heterocycles. The summed E-state index contributed by atoms with van der Waals surface area (Å²) in [5.41, 5.74) is 2.74. The first kappa shape index (κ1) is 14.2. The molecule has 0 fully saturated rings. The first-order chi connectivity index (χ1) is 12.4. The van der Waals surface area contributed by atoms with Gasteiger partial charge in [-0.25, -0.2) is 4.98 Å². The number of hydrogen-bond donors (Lipinski definition) is 0. The molecule has 3 heterocycles. The molecule has 6 heteroatoms. The van der Waals surface area contributed by atoms with Gasteiger partial charge in [0.15, 0.2) is 0 Å². The van der Waals surface area contributed by atoms with Crippen LogP contribution in [-0.2, 0) is 0 Å². The highest BCUT2D eigenvalue weighted by molar-refractivity contribution is 7.18. The summed E-state index contributed by atoms with van der Waals surface area (Å²) in [6.45, 7) is 0.514. The number of rotatable bonds is 3. The van der Waals surface area contributed by atoms with Crippen molar-refractivity contribution in [3.63, 3.8) is 0 Å². The summed E-state index contributed by atoms with van der Waals surface area (Å²) < 4.78 is 7.22. The lowest BCUT2D eigenvalue weighted by molar-refractivity contribution is 0.471. The van der Waals surface area contributed by atoms with Gasteiger partial charge in [0.2, 0.25) is 5.88 Å². The molecule has 0 unspecified atom stereocenters. The maximum atomic E-state index is 6.05. The van der Waals surface area contributed by atoms with E-state index in [1.54, 1.807) is 11.3 Å². The van der Waals surface area contributed by atoms with E-state index in [1.807, 2.05) is 36.4 Å². The maximum Gasteiger partial charge on any atom is 0.228 e. The molecule has 2 aromatic heterocycles. The van der Waals surface area contributed by atoms with Crippen LogP contribution in [0.15, 0.2) is 75.4 Å². The SMILES string of the molecule is c1ccc(Oc2nc3cc(C4=NN=NC4)ccc3c3sccc23)cc1. The third kappa shape index (κ3) is 2.47. The second-order valence-electron chi connectivity index (χ2n) is 5.66. The van der Waals surface area contributed by atoms with Gasteiger partial charge in [-0.3, -0.25) is 0 Å². The zero-order valence-electron chi connectivity index (χ0n) is 13.1. The lowest BCUT2D eigenvalue weighted by Gasteiger charge is -2.09. The van der Waals surface area contributed by atoms with Crippen molar-refractivity contribution in [1.82, 2.24) is 4.98 Å². The molecule has 2 aromatic carbocycles. The molecular formula is C19H12N4OS. The number of pyridine rings is 1. The van der Waals surface area contributed by atoms with Crippen molar-refractivity contribution < 1.29 is 4.74 Å². The third-order valence-corrected chi connectivity index (χ3v) is 5.05. The Labute approximate surface area is 147 Å². The summed E-state index contributed by atoms with van der Waals surface area (Å²) in [5, 5.41) is 15.9. The molecule has 0 bridgehead atoms. The van der Waals surface area contributed by atoms with Gasteiger partial charge in [0, 0.05) is 15.6 Å². The highest BCUT2D eigenvalue weighted by Crippen LogP contribution is 2.36. The van der Waals surface area contributed by atoms with Crippen LogP contribution in [0.4, 0.5) is 0 Å². The van der Waals surface area contributed by atoms with Crippen LogP contribution in [0.3, 0.4) is 0 Å². The number of hydrogen-bond acceptors (Lipinski definition) is 6. The van der Waals surface area contributed by atoms with E-state index in [-0.39, 0.29) is 0 Å². The normalized spacial score (nSPS) is 13.5. The summed E-state index contributed by atoms with van der Waals surface area (Å²) in [4.78, 5) is 4.77. The molecule has 4 aromatic rings. The van der Waals surface area contributed by atoms with E-state index in [0.717, 1.165) is 33.3 Å². The van der Waals surface area contributed by atoms with E-state index in [0.29, 0.717) is 12.4 Å². The Morgan fingerprint density at radius 1 is 0.960 bits per heavy atom. The van der Waals surface area contributed by atoms with Crippen molar-refractivity contribution in [2.24, 2.45) is 15.4 Å². The molecule has 1 aliphatic heterocycles. The monoisotopic (exact) mass is 344 g/mol. The molecule has 0 saturated carbocycles. The zero-order valence-corrected chi connectivity index (χ0v) is 13.9. The second kappa shape index (κ2) is 5.75. The minimum atomic E-state index is 0.514. The van der Waals surface area contributed by atoms with Crippen LogP contribution in [0, 0.1) is 0 Å². The lowest BCUT2D eigenvalue weighted by atomic mass is 10.1. The number of ether oxygens (including phenoxy) is 1. The summed E-state index contributed by atoms with van der Waals surface area (Å²) >= 11 is 1.69. The lowest BCUT2D eigenvalue weighted by Crippen LogP contribution is -2.01. The average Bonchev–Trinajstić information content (AvgIpc) is 3.34. The van der Waals surface area contributed by atoms with Crippen molar-refractivity contribution in [2.75, 3.05) is 6.54 Å². The molecule has 0 atom stereocenters. The van der Waals surface area contributed by atoms with Crippen molar-refractivity contribution in [3.05, 3.63) is 65.5 Å². The Balaban J connectivity index is 1.68. The van der Waals surface area contributed by atoms with Crippen LogP contribution in [0.1, 0.15) is 5.56 Å². The number of aromatic nitrogens is 1. The number of benzene rings is 2. The smallest absolute Gasteiger partial charge is 0.228 e. The second-order valence-corrected chi connectivity index (χ2v) is 6.58. The molecule has 0 N–H and O–H groups in total. The van der Waals surface area contributed by atoms with Crippen LogP contribution in [0.5, 0.6) is 11.6 Å². The van der Waals surface area contributed by atoms with Crippen LogP contribution in [-0.4, -0.2) is 17.2 Å². The first-order valence-electron chi connectivity index (χ1n) is 7.86. The number of para-hydroxylation sites is 1. The Morgan fingerprint density at radius 2 is 1.88 bits per heavy atom. The van der Waals surface area contributed by atoms with Crippen molar-refractivity contribution in [3.8, 4) is 11.6 Å². The predicted molar refractivity (Wildman–Crippen MR) is 99.9 cm³/mol. The van der Waals surface area contributed by atoms with Gasteiger partial charge in [-0.05, 0) is 34.9 Å². The van der Waals surface area contributed by atoms with Gasteiger partial charge in [0.25, 0.3) is 0 Å². The average molecular weight is 344 g/mol. The Morgan fingerprint density at radius 3 is 2.72 bits per heavy atom. The van der Waals surface area contributed by atoms with Gasteiger partial charge >= 0.3 is 0 Å². The Bertz CT molecular complexity index is 1150. The van der Waals surface area contributed by atoms with Gasteiger partial charge < -0.3 is 4.74 Å². The molecule has 0 aliphatic carbocycles.